The summed E-state index contributed by atoms with van der Waals surface area (Å²) < 4.78 is 37.5. The number of nitrogens with one attached hydrogen (secondary N) is 1. The van der Waals surface area contributed by atoms with Crippen molar-refractivity contribution in [2.75, 3.05) is 32.1 Å². The van der Waals surface area contributed by atoms with Crippen molar-refractivity contribution in [3.05, 3.63) is 40.3 Å². The minimum absolute atomic E-state index is 0.0711. The molecular formula is C22H25N3O6S3. The Balaban J connectivity index is 1.76. The average molecular weight is 524 g/mol. The molecule has 0 spiro atoms. The van der Waals surface area contributed by atoms with Gasteiger partial charge in [0.1, 0.15) is 15.3 Å². The van der Waals surface area contributed by atoms with Crippen molar-refractivity contribution < 1.29 is 27.5 Å². The lowest BCUT2D eigenvalue weighted by atomic mass is 10.2. The third-order valence-electron chi connectivity index (χ3n) is 5.24. The summed E-state index contributed by atoms with van der Waals surface area (Å²) >= 11 is 1.87. The highest BCUT2D eigenvalue weighted by atomic mass is 32.2. The van der Waals surface area contributed by atoms with Crippen LogP contribution in [0.4, 0.5) is 5.00 Å². The van der Waals surface area contributed by atoms with Gasteiger partial charge in [0.25, 0.3) is 5.91 Å². The van der Waals surface area contributed by atoms with E-state index in [2.05, 4.69) is 5.32 Å². The first kappa shape index (κ1) is 26.2. The Morgan fingerprint density at radius 2 is 2.06 bits per heavy atom. The maximum Gasteiger partial charge on any atom is 0.348 e. The zero-order valence-corrected chi connectivity index (χ0v) is 21.4. The number of amides is 1. The fourth-order valence-electron chi connectivity index (χ4n) is 3.45. The van der Waals surface area contributed by atoms with Crippen LogP contribution in [0.2, 0.25) is 0 Å². The lowest BCUT2D eigenvalue weighted by Gasteiger charge is -2.20. The third-order valence-corrected chi connectivity index (χ3v) is 9.20. The van der Waals surface area contributed by atoms with Crippen LogP contribution in [0.3, 0.4) is 0 Å². The van der Waals surface area contributed by atoms with Crippen molar-refractivity contribution in [1.82, 2.24) is 4.31 Å². The van der Waals surface area contributed by atoms with Crippen LogP contribution in [-0.4, -0.2) is 57.5 Å². The van der Waals surface area contributed by atoms with Gasteiger partial charge in [-0.25, -0.2) is 13.2 Å². The molecule has 1 aromatic carbocycles. The van der Waals surface area contributed by atoms with Gasteiger partial charge in [0, 0.05) is 25.8 Å². The second kappa shape index (κ2) is 11.3. The van der Waals surface area contributed by atoms with Gasteiger partial charge >= 0.3 is 5.97 Å². The molecule has 2 heterocycles. The molecule has 34 heavy (non-hydrogen) atoms. The topological polar surface area (TPSA) is 126 Å². The summed E-state index contributed by atoms with van der Waals surface area (Å²) in [6, 6.07) is 5.60. The number of sulfonamides is 1. The Bertz CT molecular complexity index is 1200. The fourth-order valence-corrected chi connectivity index (χ4v) is 6.45. The van der Waals surface area contributed by atoms with E-state index in [0.717, 1.165) is 35.9 Å². The van der Waals surface area contributed by atoms with Crippen LogP contribution < -0.4 is 5.32 Å². The molecule has 1 aromatic heterocycles. The summed E-state index contributed by atoms with van der Waals surface area (Å²) in [6.45, 7) is 4.49. The molecule has 12 heteroatoms. The Morgan fingerprint density at radius 3 is 2.65 bits per heavy atom. The van der Waals surface area contributed by atoms with Crippen molar-refractivity contribution in [1.29, 1.82) is 5.26 Å². The molecule has 1 atom stereocenters. The van der Waals surface area contributed by atoms with Crippen LogP contribution >= 0.6 is 23.1 Å². The molecule has 0 saturated carbocycles. The number of rotatable bonds is 9. The van der Waals surface area contributed by atoms with Crippen LogP contribution in [0.15, 0.2) is 34.1 Å². The number of nitriles is 1. The van der Waals surface area contributed by atoms with Crippen molar-refractivity contribution in [2.24, 2.45) is 0 Å². The van der Waals surface area contributed by atoms with Crippen molar-refractivity contribution in [3.63, 3.8) is 0 Å². The molecule has 182 valence electrons. The van der Waals surface area contributed by atoms with Crippen LogP contribution in [0.25, 0.3) is 0 Å². The van der Waals surface area contributed by atoms with Crippen LogP contribution in [0.5, 0.6) is 0 Å². The van der Waals surface area contributed by atoms with Crippen LogP contribution in [-0.2, 0) is 19.5 Å². The highest BCUT2D eigenvalue weighted by molar-refractivity contribution is 8.04. The number of benzene rings is 1. The second-order valence-corrected chi connectivity index (χ2v) is 11.4. The normalized spacial score (nSPS) is 15.8. The van der Waals surface area contributed by atoms with E-state index in [1.165, 1.54) is 35.6 Å². The van der Waals surface area contributed by atoms with E-state index in [1.807, 2.05) is 5.40 Å². The summed E-state index contributed by atoms with van der Waals surface area (Å²) in [6.07, 6.45) is 1.63. The van der Waals surface area contributed by atoms with E-state index >= 15 is 0 Å². The molecule has 2 aromatic rings. The number of ether oxygens (including phenoxy) is 2. The number of anilines is 1. The Hall–Kier alpha value is -2.43. The molecule has 3 rings (SSSR count). The SMILES string of the molecule is CCOC(=O)c1sc(NC(=O)c2ccc(S(=O)(=O)N(C)CC3CCCO3)cc2)c(SC#N)c1C. The summed E-state index contributed by atoms with van der Waals surface area (Å²) in [5.41, 5.74) is 0.790. The van der Waals surface area contributed by atoms with E-state index in [-0.39, 0.29) is 29.7 Å². The lowest BCUT2D eigenvalue weighted by Crippen LogP contribution is -2.34. The van der Waals surface area contributed by atoms with Crippen molar-refractivity contribution in [3.8, 4) is 5.40 Å². The molecule has 1 unspecified atom stereocenters. The first-order valence-electron chi connectivity index (χ1n) is 10.5. The number of esters is 1. The minimum Gasteiger partial charge on any atom is -0.462 e. The molecule has 1 aliphatic rings. The maximum atomic E-state index is 12.9. The predicted octanol–water partition coefficient (Wildman–Crippen LogP) is 3.86. The molecule has 1 saturated heterocycles. The molecule has 1 fully saturated rings. The fraction of sp³-hybridized carbons (Fsp3) is 0.409. The monoisotopic (exact) mass is 523 g/mol. The first-order valence-corrected chi connectivity index (χ1v) is 13.6. The first-order chi connectivity index (χ1) is 16.2. The molecule has 0 bridgehead atoms. The van der Waals surface area contributed by atoms with Gasteiger partial charge in [-0.2, -0.15) is 9.57 Å². The molecule has 9 nitrogen and oxygen atoms in total. The standard InChI is InChI=1S/C22H25N3O6S3/c1-4-30-22(27)19-14(2)18(32-13-23)21(33-19)24-20(26)15-7-9-17(10-8-15)34(28,29)25(3)12-16-6-5-11-31-16/h7-10,16H,4-6,11-12H2,1-3H3,(H,24,26). The number of hydrogen-bond donors (Lipinski definition) is 1. The van der Waals surface area contributed by atoms with Gasteiger partial charge in [-0.3, -0.25) is 4.79 Å². The summed E-state index contributed by atoms with van der Waals surface area (Å²) in [7, 11) is -2.22. The summed E-state index contributed by atoms with van der Waals surface area (Å²) in [5, 5.41) is 14.2. The number of nitrogens with zero attached hydrogens (tertiary/aromatic N) is 2. The molecule has 0 aliphatic carbocycles. The Labute approximate surface area is 207 Å². The van der Waals surface area contributed by atoms with Crippen LogP contribution in [0.1, 0.15) is 45.4 Å². The number of carbonyl (C=O) groups excluding carboxylic acids is 2. The lowest BCUT2D eigenvalue weighted by molar-refractivity contribution is 0.0531. The average Bonchev–Trinajstić information content (AvgIpc) is 3.43. The van der Waals surface area contributed by atoms with E-state index in [9.17, 15) is 18.0 Å². The number of hydrogen-bond acceptors (Lipinski definition) is 9. The van der Waals surface area contributed by atoms with E-state index < -0.39 is 21.9 Å². The van der Waals surface area contributed by atoms with Gasteiger partial charge < -0.3 is 14.8 Å². The van der Waals surface area contributed by atoms with E-state index in [0.29, 0.717) is 26.9 Å². The van der Waals surface area contributed by atoms with E-state index in [1.54, 1.807) is 13.8 Å². The summed E-state index contributed by atoms with van der Waals surface area (Å²) in [5.74, 6) is -1.01. The van der Waals surface area contributed by atoms with Crippen molar-refractivity contribution >= 4 is 50.0 Å². The molecule has 1 N–H and O–H groups in total. The Kier molecular flexibility index (Phi) is 8.72. The van der Waals surface area contributed by atoms with Crippen LogP contribution in [0, 0.1) is 17.6 Å². The minimum atomic E-state index is -3.73. The zero-order valence-electron chi connectivity index (χ0n) is 19.0. The number of likely N-dealkylation sites (N-methyl/N-ethyl adjacent to an activating group) is 1. The van der Waals surface area contributed by atoms with Gasteiger partial charge in [0.2, 0.25) is 10.0 Å². The van der Waals surface area contributed by atoms with E-state index in [4.69, 9.17) is 14.7 Å². The highest BCUT2D eigenvalue weighted by Gasteiger charge is 2.27. The molecule has 1 amide bonds. The predicted molar refractivity (Wildman–Crippen MR) is 130 cm³/mol. The smallest absolute Gasteiger partial charge is 0.348 e. The van der Waals surface area contributed by atoms with Gasteiger partial charge in [-0.15, -0.1) is 11.3 Å². The maximum absolute atomic E-state index is 12.9. The van der Waals surface area contributed by atoms with Gasteiger partial charge in [0.15, 0.2) is 0 Å². The largest absolute Gasteiger partial charge is 0.462 e. The second-order valence-electron chi connectivity index (χ2n) is 7.53. The number of thioether (sulfide) groups is 1. The third kappa shape index (κ3) is 5.79. The van der Waals surface area contributed by atoms with Gasteiger partial charge in [-0.05, 0) is 68.3 Å². The zero-order chi connectivity index (χ0) is 24.9. The number of carbonyl (C=O) groups is 2. The highest BCUT2D eigenvalue weighted by Crippen LogP contribution is 2.40. The molecular weight excluding hydrogens is 498 g/mol. The molecule has 1 aliphatic heterocycles. The summed E-state index contributed by atoms with van der Waals surface area (Å²) in [4.78, 5) is 25.9. The van der Waals surface area contributed by atoms with Crippen molar-refractivity contribution in [2.45, 2.75) is 42.6 Å². The Morgan fingerprint density at radius 1 is 1.35 bits per heavy atom. The number of thiophene rings is 1. The molecule has 0 radical (unpaired) electrons. The quantitative estimate of drug-likeness (QED) is 0.298. The van der Waals surface area contributed by atoms with Gasteiger partial charge in [-0.1, -0.05) is 0 Å². The number of thiocyanates is 1. The van der Waals surface area contributed by atoms with Gasteiger partial charge in [0.05, 0.1) is 22.5 Å².